The molecule has 41 heavy (non-hydrogen) atoms. The Labute approximate surface area is 250 Å². The molecule has 7 nitrogen and oxygen atoms in total. The van der Waals surface area contributed by atoms with Crippen molar-refractivity contribution in [1.29, 1.82) is 0 Å². The fourth-order valence-electron chi connectivity index (χ4n) is 4.81. The molecule has 0 heterocycles. The summed E-state index contributed by atoms with van der Waals surface area (Å²) in [4.78, 5) is 28.5. The molecule has 1 aliphatic rings. The molecule has 1 unspecified atom stereocenters. The van der Waals surface area contributed by atoms with Gasteiger partial charge in [0, 0.05) is 22.6 Å². The van der Waals surface area contributed by atoms with E-state index in [4.69, 9.17) is 23.2 Å². The number of halogens is 3. The van der Waals surface area contributed by atoms with E-state index in [0.29, 0.717) is 5.56 Å². The average Bonchev–Trinajstić information content (AvgIpc) is 3.43. The highest BCUT2D eigenvalue weighted by Crippen LogP contribution is 2.30. The summed E-state index contributed by atoms with van der Waals surface area (Å²) in [5.74, 6) is -1.41. The number of aryl methyl sites for hydroxylation is 1. The first-order valence-electron chi connectivity index (χ1n) is 13.3. The van der Waals surface area contributed by atoms with Gasteiger partial charge < -0.3 is 10.2 Å². The van der Waals surface area contributed by atoms with Crippen LogP contribution in [0.5, 0.6) is 0 Å². The van der Waals surface area contributed by atoms with Gasteiger partial charge in [-0.15, -0.1) is 0 Å². The summed E-state index contributed by atoms with van der Waals surface area (Å²) in [6, 6.07) is 15.2. The number of carbonyl (C=O) groups excluding carboxylic acids is 2. The van der Waals surface area contributed by atoms with Gasteiger partial charge in [-0.25, -0.2) is 12.8 Å². The maximum atomic E-state index is 14.0. The minimum absolute atomic E-state index is 0.0240. The quantitative estimate of drug-likeness (QED) is 0.296. The SMILES string of the molecule is Cc1ccc(S(=O)(=O)N(CC(=O)N(Cc2ccc(F)cc2)C(C)C(=O)NC2CCCC2)c2cc(Cl)cc(Cl)c2)cc1. The zero-order valence-corrected chi connectivity index (χ0v) is 25.1. The molecular weight excluding hydrogens is 588 g/mol. The number of benzene rings is 3. The number of hydrogen-bond acceptors (Lipinski definition) is 4. The molecule has 0 aromatic heterocycles. The third kappa shape index (κ3) is 7.78. The van der Waals surface area contributed by atoms with Crippen molar-refractivity contribution in [1.82, 2.24) is 10.2 Å². The lowest BCUT2D eigenvalue weighted by molar-refractivity contribution is -0.139. The maximum Gasteiger partial charge on any atom is 0.264 e. The van der Waals surface area contributed by atoms with E-state index in [1.165, 1.54) is 59.5 Å². The molecule has 0 spiro atoms. The van der Waals surface area contributed by atoms with Crippen LogP contribution < -0.4 is 9.62 Å². The molecule has 0 radical (unpaired) electrons. The Morgan fingerprint density at radius 1 is 0.976 bits per heavy atom. The van der Waals surface area contributed by atoms with Crippen LogP contribution in [0.4, 0.5) is 10.1 Å². The van der Waals surface area contributed by atoms with Gasteiger partial charge >= 0.3 is 0 Å². The van der Waals surface area contributed by atoms with E-state index < -0.39 is 34.3 Å². The van der Waals surface area contributed by atoms with Gasteiger partial charge in [-0.05, 0) is 74.7 Å². The van der Waals surface area contributed by atoms with Crippen molar-refractivity contribution in [3.63, 3.8) is 0 Å². The summed E-state index contributed by atoms with van der Waals surface area (Å²) >= 11 is 12.4. The Morgan fingerprint density at radius 3 is 2.15 bits per heavy atom. The van der Waals surface area contributed by atoms with Crippen molar-refractivity contribution in [2.45, 2.75) is 63.1 Å². The fraction of sp³-hybridized carbons (Fsp3) is 0.333. The number of hydrogen-bond donors (Lipinski definition) is 1. The van der Waals surface area contributed by atoms with Crippen molar-refractivity contribution in [2.24, 2.45) is 0 Å². The van der Waals surface area contributed by atoms with Crippen LogP contribution in [-0.2, 0) is 26.2 Å². The molecule has 0 saturated heterocycles. The van der Waals surface area contributed by atoms with Crippen LogP contribution in [0.3, 0.4) is 0 Å². The van der Waals surface area contributed by atoms with Crippen LogP contribution in [0.2, 0.25) is 10.0 Å². The average molecular weight is 621 g/mol. The van der Waals surface area contributed by atoms with Crippen molar-refractivity contribution in [2.75, 3.05) is 10.8 Å². The second-order valence-corrected chi connectivity index (χ2v) is 13.0. The summed E-state index contributed by atoms with van der Waals surface area (Å²) in [6.45, 7) is 2.77. The van der Waals surface area contributed by atoms with Gasteiger partial charge in [0.05, 0.1) is 10.6 Å². The van der Waals surface area contributed by atoms with E-state index in [2.05, 4.69) is 5.32 Å². The Morgan fingerprint density at radius 2 is 1.56 bits per heavy atom. The molecule has 2 amide bonds. The van der Waals surface area contributed by atoms with E-state index in [1.807, 2.05) is 6.92 Å². The summed E-state index contributed by atoms with van der Waals surface area (Å²) in [6.07, 6.45) is 3.77. The highest BCUT2D eigenvalue weighted by Gasteiger charge is 2.33. The monoisotopic (exact) mass is 619 g/mol. The zero-order valence-electron chi connectivity index (χ0n) is 22.8. The van der Waals surface area contributed by atoms with Gasteiger partial charge in [-0.2, -0.15) is 0 Å². The molecule has 4 rings (SSSR count). The maximum absolute atomic E-state index is 14.0. The molecule has 1 aliphatic carbocycles. The minimum atomic E-state index is -4.26. The number of sulfonamides is 1. The Hall–Kier alpha value is -3.14. The number of rotatable bonds is 10. The molecule has 1 N–H and O–H groups in total. The van der Waals surface area contributed by atoms with Crippen LogP contribution in [0.15, 0.2) is 71.6 Å². The second-order valence-electron chi connectivity index (χ2n) is 10.3. The Kier molecular flexibility index (Phi) is 9.94. The molecular formula is C30H32Cl2FN3O4S. The van der Waals surface area contributed by atoms with Crippen molar-refractivity contribution >= 4 is 50.7 Å². The van der Waals surface area contributed by atoms with E-state index in [9.17, 15) is 22.4 Å². The van der Waals surface area contributed by atoms with E-state index >= 15 is 0 Å². The molecule has 0 bridgehead atoms. The lowest BCUT2D eigenvalue weighted by Crippen LogP contribution is -2.52. The smallest absolute Gasteiger partial charge is 0.264 e. The topological polar surface area (TPSA) is 86.8 Å². The number of anilines is 1. The first-order valence-corrected chi connectivity index (χ1v) is 15.5. The highest BCUT2D eigenvalue weighted by molar-refractivity contribution is 7.92. The Bertz CT molecular complexity index is 1470. The molecule has 1 saturated carbocycles. The van der Waals surface area contributed by atoms with Crippen molar-refractivity contribution in [3.8, 4) is 0 Å². The van der Waals surface area contributed by atoms with E-state index in [0.717, 1.165) is 35.6 Å². The van der Waals surface area contributed by atoms with Gasteiger partial charge in [0.2, 0.25) is 11.8 Å². The summed E-state index contributed by atoms with van der Waals surface area (Å²) in [5, 5.41) is 3.39. The van der Waals surface area contributed by atoms with Crippen LogP contribution >= 0.6 is 23.2 Å². The van der Waals surface area contributed by atoms with E-state index in [-0.39, 0.29) is 39.1 Å². The second kappa shape index (κ2) is 13.2. The molecule has 1 atom stereocenters. The van der Waals surface area contributed by atoms with E-state index in [1.54, 1.807) is 19.1 Å². The highest BCUT2D eigenvalue weighted by atomic mass is 35.5. The van der Waals surface area contributed by atoms with Crippen molar-refractivity contribution < 1.29 is 22.4 Å². The fourth-order valence-corrected chi connectivity index (χ4v) is 6.72. The predicted octanol–water partition coefficient (Wildman–Crippen LogP) is 6.11. The summed E-state index contributed by atoms with van der Waals surface area (Å²) in [5.41, 5.74) is 1.55. The zero-order chi connectivity index (χ0) is 29.7. The number of carbonyl (C=O) groups is 2. The van der Waals surface area contributed by atoms with Gasteiger partial charge in [-0.1, -0.05) is 65.9 Å². The Balaban J connectivity index is 1.70. The van der Waals surface area contributed by atoms with Gasteiger partial charge in [0.1, 0.15) is 18.4 Å². The molecule has 3 aromatic carbocycles. The third-order valence-electron chi connectivity index (χ3n) is 7.16. The summed E-state index contributed by atoms with van der Waals surface area (Å²) in [7, 11) is -4.26. The van der Waals surface area contributed by atoms with Gasteiger partial charge in [0.15, 0.2) is 0 Å². The molecule has 1 fully saturated rings. The first-order chi connectivity index (χ1) is 19.4. The molecule has 3 aromatic rings. The largest absolute Gasteiger partial charge is 0.352 e. The van der Waals surface area contributed by atoms with Gasteiger partial charge in [-0.3, -0.25) is 13.9 Å². The first kappa shape index (κ1) is 30.8. The minimum Gasteiger partial charge on any atom is -0.352 e. The standard InChI is InChI=1S/C30H32Cl2FN3O4S/c1-20-7-13-28(14-8-20)41(39,40)36(27-16-23(31)15-24(32)17-27)19-29(37)35(18-22-9-11-25(33)12-10-22)21(2)30(38)34-26-5-3-4-6-26/h7-17,21,26H,3-6,18-19H2,1-2H3,(H,34,38). The molecule has 218 valence electrons. The van der Waals surface area contributed by atoms with Crippen LogP contribution in [0, 0.1) is 12.7 Å². The normalized spacial score (nSPS) is 14.5. The lowest BCUT2D eigenvalue weighted by atomic mass is 10.1. The lowest BCUT2D eigenvalue weighted by Gasteiger charge is -2.32. The molecule has 11 heteroatoms. The summed E-state index contributed by atoms with van der Waals surface area (Å²) < 4.78 is 42.3. The number of nitrogens with zero attached hydrogens (tertiary/aromatic N) is 2. The predicted molar refractivity (Wildman–Crippen MR) is 159 cm³/mol. The van der Waals surface area contributed by atoms with Crippen LogP contribution in [0.25, 0.3) is 0 Å². The third-order valence-corrected chi connectivity index (χ3v) is 9.38. The number of nitrogens with one attached hydrogen (secondary N) is 1. The van der Waals surface area contributed by atoms with Crippen LogP contribution in [0.1, 0.15) is 43.7 Å². The molecule has 0 aliphatic heterocycles. The number of amides is 2. The van der Waals surface area contributed by atoms with Crippen LogP contribution in [-0.4, -0.2) is 43.8 Å². The van der Waals surface area contributed by atoms with Gasteiger partial charge in [0.25, 0.3) is 10.0 Å². The van der Waals surface area contributed by atoms with Crippen molar-refractivity contribution in [3.05, 3.63) is 93.7 Å².